The number of hydrogen-bond acceptors (Lipinski definition) is 3. The lowest BCUT2D eigenvalue weighted by Gasteiger charge is -2.14. The number of aromatic nitrogens is 3. The van der Waals surface area contributed by atoms with E-state index in [0.717, 1.165) is 18.5 Å². The van der Waals surface area contributed by atoms with Gasteiger partial charge in [-0.15, -0.1) is 0 Å². The molecule has 0 aliphatic carbocycles. The zero-order valence-electron chi connectivity index (χ0n) is 10.3. The van der Waals surface area contributed by atoms with Gasteiger partial charge in [0.25, 0.3) is 0 Å². The van der Waals surface area contributed by atoms with Crippen LogP contribution in [-0.4, -0.2) is 22.5 Å². The molecule has 1 atom stereocenters. The van der Waals surface area contributed by atoms with Gasteiger partial charge in [0.15, 0.2) is 0 Å². The first kappa shape index (κ1) is 11.8. The molecule has 90 valence electrons. The Kier molecular flexibility index (Phi) is 3.88. The Morgan fingerprint density at radius 2 is 2.29 bits per heavy atom. The second-order valence-electron chi connectivity index (χ2n) is 4.11. The maximum Gasteiger partial charge on any atom is 0.104 e. The number of H-pyrrole nitrogens is 1. The molecule has 2 aromatic rings. The molecular weight excluding hydrogens is 212 g/mol. The summed E-state index contributed by atoms with van der Waals surface area (Å²) in [5.41, 5.74) is 3.52. The van der Waals surface area contributed by atoms with Crippen molar-refractivity contribution < 1.29 is 0 Å². The van der Waals surface area contributed by atoms with Crippen LogP contribution in [-0.2, 0) is 6.42 Å². The molecule has 0 saturated heterocycles. The lowest BCUT2D eigenvalue weighted by molar-refractivity contribution is 0.666. The summed E-state index contributed by atoms with van der Waals surface area (Å²) >= 11 is 0. The Hall–Kier alpha value is -1.68. The maximum atomic E-state index is 4.14. The first-order valence-corrected chi connectivity index (χ1v) is 5.97. The Balaban J connectivity index is 2.28. The van der Waals surface area contributed by atoms with Crippen LogP contribution in [0.25, 0.3) is 0 Å². The smallest absolute Gasteiger partial charge is 0.104 e. The Morgan fingerprint density at radius 3 is 2.94 bits per heavy atom. The highest BCUT2D eigenvalue weighted by Gasteiger charge is 2.14. The standard InChI is InChI=1S/C13H18N4/c1-3-5-10-6-4-7-11(8-10)13(14-2)12-9-15-17-16-12/h4,6-9,13-14H,3,5H2,1-2H3,(H,15,16,17). The molecule has 0 aliphatic rings. The molecule has 0 spiro atoms. The van der Waals surface area contributed by atoms with Crippen molar-refractivity contribution in [2.45, 2.75) is 25.8 Å². The zero-order valence-corrected chi connectivity index (χ0v) is 10.3. The minimum Gasteiger partial charge on any atom is -0.308 e. The van der Waals surface area contributed by atoms with Crippen LogP contribution in [0, 0.1) is 0 Å². The number of rotatable bonds is 5. The molecule has 1 heterocycles. The summed E-state index contributed by atoms with van der Waals surface area (Å²) in [4.78, 5) is 0. The van der Waals surface area contributed by atoms with Crippen molar-refractivity contribution >= 4 is 0 Å². The van der Waals surface area contributed by atoms with Crippen LogP contribution in [0.4, 0.5) is 0 Å². The van der Waals surface area contributed by atoms with Gasteiger partial charge in [0.05, 0.1) is 12.2 Å². The fourth-order valence-corrected chi connectivity index (χ4v) is 2.05. The fourth-order valence-electron chi connectivity index (χ4n) is 2.05. The highest BCUT2D eigenvalue weighted by molar-refractivity contribution is 5.30. The molecule has 0 amide bonds. The Morgan fingerprint density at radius 1 is 1.41 bits per heavy atom. The average Bonchev–Trinajstić information content (AvgIpc) is 2.85. The summed E-state index contributed by atoms with van der Waals surface area (Å²) in [5.74, 6) is 0. The summed E-state index contributed by atoms with van der Waals surface area (Å²) in [6.07, 6.45) is 4.04. The van der Waals surface area contributed by atoms with Gasteiger partial charge in [0.2, 0.25) is 0 Å². The summed E-state index contributed by atoms with van der Waals surface area (Å²) < 4.78 is 0. The SMILES string of the molecule is CCCc1cccc(C(NC)c2cn[nH]n2)c1. The maximum absolute atomic E-state index is 4.14. The fraction of sp³-hybridized carbons (Fsp3) is 0.385. The number of nitrogens with one attached hydrogen (secondary N) is 2. The van der Waals surface area contributed by atoms with Gasteiger partial charge >= 0.3 is 0 Å². The second kappa shape index (κ2) is 5.59. The van der Waals surface area contributed by atoms with Gasteiger partial charge in [-0.05, 0) is 24.6 Å². The second-order valence-corrected chi connectivity index (χ2v) is 4.11. The van der Waals surface area contributed by atoms with Gasteiger partial charge in [-0.3, -0.25) is 0 Å². The van der Waals surface area contributed by atoms with Gasteiger partial charge in [-0.25, -0.2) is 0 Å². The monoisotopic (exact) mass is 230 g/mol. The summed E-state index contributed by atoms with van der Waals surface area (Å²) in [6.45, 7) is 2.19. The third-order valence-electron chi connectivity index (χ3n) is 2.84. The highest BCUT2D eigenvalue weighted by atomic mass is 15.3. The topological polar surface area (TPSA) is 53.6 Å². The molecule has 1 aromatic carbocycles. The van der Waals surface area contributed by atoms with E-state index in [9.17, 15) is 0 Å². The van der Waals surface area contributed by atoms with E-state index in [2.05, 4.69) is 51.9 Å². The quantitative estimate of drug-likeness (QED) is 0.826. The Bertz CT molecular complexity index is 450. The average molecular weight is 230 g/mol. The highest BCUT2D eigenvalue weighted by Crippen LogP contribution is 2.20. The molecule has 17 heavy (non-hydrogen) atoms. The van der Waals surface area contributed by atoms with Crippen molar-refractivity contribution in [2.24, 2.45) is 0 Å². The molecule has 2 N–H and O–H groups in total. The van der Waals surface area contributed by atoms with E-state index >= 15 is 0 Å². The third kappa shape index (κ3) is 2.71. The normalized spacial score (nSPS) is 12.6. The molecule has 2 rings (SSSR count). The molecule has 1 aromatic heterocycles. The molecule has 4 nitrogen and oxygen atoms in total. The molecule has 0 bridgehead atoms. The minimum atomic E-state index is 0.102. The van der Waals surface area contributed by atoms with Crippen molar-refractivity contribution in [3.63, 3.8) is 0 Å². The molecule has 0 radical (unpaired) electrons. The Labute approximate surface area is 101 Å². The third-order valence-corrected chi connectivity index (χ3v) is 2.84. The van der Waals surface area contributed by atoms with E-state index in [1.54, 1.807) is 6.20 Å². The van der Waals surface area contributed by atoms with E-state index in [1.807, 2.05) is 7.05 Å². The van der Waals surface area contributed by atoms with Gasteiger partial charge in [-0.2, -0.15) is 15.4 Å². The zero-order chi connectivity index (χ0) is 12.1. The van der Waals surface area contributed by atoms with E-state index in [1.165, 1.54) is 11.1 Å². The number of hydrogen-bond donors (Lipinski definition) is 2. The van der Waals surface area contributed by atoms with Crippen LogP contribution >= 0.6 is 0 Å². The van der Waals surface area contributed by atoms with Crippen molar-refractivity contribution in [3.05, 3.63) is 47.3 Å². The first-order valence-electron chi connectivity index (χ1n) is 5.97. The van der Waals surface area contributed by atoms with Crippen molar-refractivity contribution in [1.29, 1.82) is 0 Å². The van der Waals surface area contributed by atoms with E-state index in [-0.39, 0.29) is 6.04 Å². The molecule has 0 fully saturated rings. The van der Waals surface area contributed by atoms with E-state index in [0.29, 0.717) is 0 Å². The number of aryl methyl sites for hydroxylation is 1. The van der Waals surface area contributed by atoms with E-state index in [4.69, 9.17) is 0 Å². The van der Waals surface area contributed by atoms with Crippen molar-refractivity contribution in [3.8, 4) is 0 Å². The van der Waals surface area contributed by atoms with Crippen LogP contribution in [0.3, 0.4) is 0 Å². The van der Waals surface area contributed by atoms with Crippen LogP contribution in [0.2, 0.25) is 0 Å². The predicted molar refractivity (Wildman–Crippen MR) is 67.7 cm³/mol. The van der Waals surface area contributed by atoms with Crippen molar-refractivity contribution in [2.75, 3.05) is 7.05 Å². The predicted octanol–water partition coefficient (Wildman–Crippen LogP) is 2.07. The molecular formula is C13H18N4. The number of benzene rings is 1. The van der Waals surface area contributed by atoms with Crippen LogP contribution < -0.4 is 5.32 Å². The molecule has 0 aliphatic heterocycles. The van der Waals surface area contributed by atoms with Gasteiger partial charge in [-0.1, -0.05) is 37.6 Å². The summed E-state index contributed by atoms with van der Waals surface area (Å²) in [5, 5.41) is 13.9. The van der Waals surface area contributed by atoms with Crippen LogP contribution in [0.5, 0.6) is 0 Å². The summed E-state index contributed by atoms with van der Waals surface area (Å²) in [7, 11) is 1.94. The van der Waals surface area contributed by atoms with Gasteiger partial charge in [0, 0.05) is 0 Å². The van der Waals surface area contributed by atoms with Crippen LogP contribution in [0.15, 0.2) is 30.5 Å². The lowest BCUT2D eigenvalue weighted by Crippen LogP contribution is -2.18. The van der Waals surface area contributed by atoms with E-state index < -0.39 is 0 Å². The molecule has 0 saturated carbocycles. The van der Waals surface area contributed by atoms with Gasteiger partial charge in [0.1, 0.15) is 5.69 Å². The number of aromatic amines is 1. The first-order chi connectivity index (χ1) is 8.35. The molecule has 1 unspecified atom stereocenters. The largest absolute Gasteiger partial charge is 0.308 e. The number of nitrogens with zero attached hydrogens (tertiary/aromatic N) is 2. The van der Waals surface area contributed by atoms with Crippen molar-refractivity contribution in [1.82, 2.24) is 20.7 Å². The summed E-state index contributed by atoms with van der Waals surface area (Å²) in [6, 6.07) is 8.73. The van der Waals surface area contributed by atoms with Crippen LogP contribution in [0.1, 0.15) is 36.2 Å². The molecule has 4 heteroatoms. The lowest BCUT2D eigenvalue weighted by atomic mass is 10.00. The van der Waals surface area contributed by atoms with Gasteiger partial charge < -0.3 is 5.32 Å². The minimum absolute atomic E-state index is 0.102.